The van der Waals surface area contributed by atoms with E-state index in [1.165, 1.54) is 13.0 Å². The van der Waals surface area contributed by atoms with Gasteiger partial charge in [0.05, 0.1) is 12.9 Å². The van der Waals surface area contributed by atoms with Crippen molar-refractivity contribution in [1.29, 1.82) is 0 Å². The van der Waals surface area contributed by atoms with E-state index in [-0.39, 0.29) is 18.1 Å². The van der Waals surface area contributed by atoms with E-state index < -0.39 is 16.2 Å². The maximum atomic E-state index is 12.0. The van der Waals surface area contributed by atoms with Gasteiger partial charge in [-0.2, -0.15) is 8.42 Å². The number of ketones is 1. The second-order valence-corrected chi connectivity index (χ2v) is 6.69. The largest absolute Gasteiger partial charge is 0.382 e. The summed E-state index contributed by atoms with van der Waals surface area (Å²) in [5, 5.41) is 0. The monoisotopic (exact) mass is 334 g/mol. The summed E-state index contributed by atoms with van der Waals surface area (Å²) in [7, 11) is -3.69. The van der Waals surface area contributed by atoms with Crippen LogP contribution in [0, 0.1) is 0 Å². The molecule has 5 nitrogen and oxygen atoms in total. The molecule has 6 heteroatoms. The lowest BCUT2D eigenvalue weighted by Crippen LogP contribution is -2.16. The fourth-order valence-electron chi connectivity index (χ4n) is 2.12. The van der Waals surface area contributed by atoms with E-state index in [0.29, 0.717) is 5.56 Å². The van der Waals surface area contributed by atoms with Crippen LogP contribution >= 0.6 is 0 Å². The molecule has 2 rings (SSSR count). The van der Waals surface area contributed by atoms with Crippen molar-refractivity contribution in [2.45, 2.75) is 19.6 Å². The van der Waals surface area contributed by atoms with E-state index in [9.17, 15) is 13.2 Å². The fraction of sp³-hybridized carbons (Fsp3) is 0.235. The maximum Gasteiger partial charge on any atom is 0.306 e. The highest BCUT2D eigenvalue weighted by atomic mass is 32.2. The molecule has 0 N–H and O–H groups in total. The van der Waals surface area contributed by atoms with Gasteiger partial charge in [0.2, 0.25) is 0 Å². The van der Waals surface area contributed by atoms with Gasteiger partial charge in [-0.15, -0.1) is 0 Å². The molecule has 2 aromatic rings. The zero-order valence-corrected chi connectivity index (χ0v) is 13.7. The van der Waals surface area contributed by atoms with Gasteiger partial charge < -0.3 is 8.92 Å². The van der Waals surface area contributed by atoms with Gasteiger partial charge in [-0.3, -0.25) is 4.79 Å². The number of para-hydroxylation sites is 1. The van der Waals surface area contributed by atoms with E-state index in [1.54, 1.807) is 18.2 Å². The molecule has 0 aliphatic rings. The van der Waals surface area contributed by atoms with Crippen molar-refractivity contribution in [2.24, 2.45) is 0 Å². The fourth-order valence-corrected chi connectivity index (χ4v) is 2.59. The minimum absolute atomic E-state index is 0.100. The lowest BCUT2D eigenvalue weighted by molar-refractivity contribution is -0.129. The number of hydrogen-bond donors (Lipinski definition) is 0. The van der Waals surface area contributed by atoms with Crippen LogP contribution in [0.1, 0.15) is 24.2 Å². The first-order chi connectivity index (χ1) is 10.9. The molecule has 0 amide bonds. The van der Waals surface area contributed by atoms with Gasteiger partial charge in [0.15, 0.2) is 5.78 Å². The van der Waals surface area contributed by atoms with Crippen molar-refractivity contribution in [3.63, 3.8) is 0 Å². The van der Waals surface area contributed by atoms with Crippen LogP contribution < -0.4 is 4.18 Å². The van der Waals surface area contributed by atoms with Crippen LogP contribution in [-0.2, 0) is 26.3 Å². The molecular formula is C17H18O5S. The number of carbonyl (C=O) groups excluding carboxylic acids is 1. The zero-order chi connectivity index (χ0) is 16.9. The van der Waals surface area contributed by atoms with Gasteiger partial charge in [0.25, 0.3) is 0 Å². The van der Waals surface area contributed by atoms with Gasteiger partial charge in [-0.05, 0) is 18.6 Å². The van der Waals surface area contributed by atoms with Crippen molar-refractivity contribution < 1.29 is 22.1 Å². The predicted molar refractivity (Wildman–Crippen MR) is 86.6 cm³/mol. The minimum atomic E-state index is -3.69. The third-order valence-corrected chi connectivity index (χ3v) is 3.55. The second kappa shape index (κ2) is 7.39. The Morgan fingerprint density at radius 3 is 2.26 bits per heavy atom. The predicted octanol–water partition coefficient (Wildman–Crippen LogP) is 2.87. The third kappa shape index (κ3) is 5.19. The Labute approximate surface area is 136 Å². The van der Waals surface area contributed by atoms with E-state index in [0.717, 1.165) is 11.8 Å². The highest BCUT2D eigenvalue weighted by Gasteiger charge is 2.23. The molecule has 0 aromatic heterocycles. The quantitative estimate of drug-likeness (QED) is 0.728. The summed E-state index contributed by atoms with van der Waals surface area (Å²) < 4.78 is 33.4. The minimum Gasteiger partial charge on any atom is -0.382 e. The van der Waals surface area contributed by atoms with Crippen LogP contribution in [-0.4, -0.2) is 20.5 Å². The van der Waals surface area contributed by atoms with Crippen LogP contribution in [0.2, 0.25) is 0 Å². The molecule has 23 heavy (non-hydrogen) atoms. The SMILES string of the molecule is CC(=O)C(OCc1ccccc1)c1ccccc1OS(C)(=O)=O. The average Bonchev–Trinajstić information content (AvgIpc) is 2.48. The van der Waals surface area contributed by atoms with Crippen LogP contribution in [0.15, 0.2) is 54.6 Å². The van der Waals surface area contributed by atoms with Crippen molar-refractivity contribution in [3.8, 4) is 5.75 Å². The summed E-state index contributed by atoms with van der Waals surface area (Å²) in [6.45, 7) is 1.63. The number of hydrogen-bond acceptors (Lipinski definition) is 5. The van der Waals surface area contributed by atoms with E-state index in [1.807, 2.05) is 30.3 Å². The average molecular weight is 334 g/mol. The lowest BCUT2D eigenvalue weighted by atomic mass is 10.1. The molecule has 2 aromatic carbocycles. The summed E-state index contributed by atoms with van der Waals surface area (Å²) in [4.78, 5) is 12.0. The molecule has 0 heterocycles. The van der Waals surface area contributed by atoms with Crippen molar-refractivity contribution >= 4 is 15.9 Å². The summed E-state index contributed by atoms with van der Waals surface area (Å²) >= 11 is 0. The molecule has 0 saturated carbocycles. The van der Waals surface area contributed by atoms with E-state index in [4.69, 9.17) is 8.92 Å². The molecular weight excluding hydrogens is 316 g/mol. The van der Waals surface area contributed by atoms with Crippen LogP contribution in [0.25, 0.3) is 0 Å². The first kappa shape index (κ1) is 17.2. The van der Waals surface area contributed by atoms with Crippen LogP contribution in [0.4, 0.5) is 0 Å². The molecule has 0 fully saturated rings. The van der Waals surface area contributed by atoms with Gasteiger partial charge in [0.1, 0.15) is 11.9 Å². The molecule has 1 unspecified atom stereocenters. The summed E-state index contributed by atoms with van der Waals surface area (Å²) in [5.41, 5.74) is 1.31. The Hall–Kier alpha value is -2.18. The van der Waals surface area contributed by atoms with Crippen LogP contribution in [0.3, 0.4) is 0 Å². The number of benzene rings is 2. The first-order valence-corrected chi connectivity index (χ1v) is 8.83. The molecule has 0 radical (unpaired) electrons. The Morgan fingerprint density at radius 2 is 1.65 bits per heavy atom. The van der Waals surface area contributed by atoms with E-state index >= 15 is 0 Å². The summed E-state index contributed by atoms with van der Waals surface area (Å²) in [6, 6.07) is 15.9. The van der Waals surface area contributed by atoms with Gasteiger partial charge in [-0.1, -0.05) is 48.5 Å². The Morgan fingerprint density at radius 1 is 1.04 bits per heavy atom. The Bertz CT molecular complexity index is 769. The maximum absolute atomic E-state index is 12.0. The smallest absolute Gasteiger partial charge is 0.306 e. The normalized spacial score (nSPS) is 12.6. The molecule has 0 saturated heterocycles. The van der Waals surface area contributed by atoms with Gasteiger partial charge in [0, 0.05) is 5.56 Å². The molecule has 122 valence electrons. The van der Waals surface area contributed by atoms with Crippen molar-refractivity contribution in [3.05, 3.63) is 65.7 Å². The zero-order valence-electron chi connectivity index (χ0n) is 12.9. The Kier molecular flexibility index (Phi) is 5.52. The van der Waals surface area contributed by atoms with Crippen molar-refractivity contribution in [2.75, 3.05) is 6.26 Å². The summed E-state index contributed by atoms with van der Waals surface area (Å²) in [5.74, 6) is -0.131. The molecule has 0 spiro atoms. The number of rotatable bonds is 7. The topological polar surface area (TPSA) is 69.7 Å². The lowest BCUT2D eigenvalue weighted by Gasteiger charge is -2.18. The van der Waals surface area contributed by atoms with Gasteiger partial charge >= 0.3 is 10.1 Å². The van der Waals surface area contributed by atoms with E-state index in [2.05, 4.69) is 0 Å². The first-order valence-electron chi connectivity index (χ1n) is 7.01. The summed E-state index contributed by atoms with van der Waals surface area (Å²) in [6.07, 6.45) is 0.0605. The molecule has 1 atom stereocenters. The standard InChI is InChI=1S/C17H18O5S/c1-13(18)17(21-12-14-8-4-3-5-9-14)15-10-6-7-11-16(15)22-23(2,19)20/h3-11,17H,12H2,1-2H3. The number of ether oxygens (including phenoxy) is 1. The molecule has 0 bridgehead atoms. The highest BCUT2D eigenvalue weighted by Crippen LogP contribution is 2.30. The molecule has 0 aliphatic heterocycles. The molecule has 0 aliphatic carbocycles. The number of Topliss-reactive ketones (excluding diaryl/α,β-unsaturated/α-hetero) is 1. The Balaban J connectivity index is 2.26. The number of carbonyl (C=O) groups is 1. The third-order valence-electron chi connectivity index (χ3n) is 3.07. The van der Waals surface area contributed by atoms with Crippen LogP contribution in [0.5, 0.6) is 5.75 Å². The second-order valence-electron chi connectivity index (χ2n) is 5.11. The van der Waals surface area contributed by atoms with Crippen molar-refractivity contribution in [1.82, 2.24) is 0 Å². The van der Waals surface area contributed by atoms with Gasteiger partial charge in [-0.25, -0.2) is 0 Å². The highest BCUT2D eigenvalue weighted by molar-refractivity contribution is 7.86.